The number of aliphatic hydroxyl groups is 1. The molecule has 3 N–H and O–H groups in total. The van der Waals surface area contributed by atoms with E-state index in [0.29, 0.717) is 18.7 Å². The first kappa shape index (κ1) is 17.6. The van der Waals surface area contributed by atoms with E-state index in [2.05, 4.69) is 10.6 Å². The van der Waals surface area contributed by atoms with Crippen LogP contribution in [0.5, 0.6) is 5.75 Å². The van der Waals surface area contributed by atoms with Crippen LogP contribution in [0.3, 0.4) is 0 Å². The molecule has 28 heavy (non-hydrogen) atoms. The summed E-state index contributed by atoms with van der Waals surface area (Å²) in [5.74, 6) is 0.286. The topological polar surface area (TPSA) is 90.9 Å². The summed E-state index contributed by atoms with van der Waals surface area (Å²) in [4.78, 5) is 27.6. The van der Waals surface area contributed by atoms with Crippen molar-refractivity contribution in [3.8, 4) is 5.75 Å². The van der Waals surface area contributed by atoms with E-state index < -0.39 is 12.6 Å². The second-order valence-electron chi connectivity index (χ2n) is 7.97. The maximum atomic E-state index is 13.0. The van der Waals surface area contributed by atoms with Gasteiger partial charge in [0.25, 0.3) is 5.91 Å². The minimum Gasteiger partial charge on any atom is -0.493 e. The molecule has 4 aliphatic rings. The smallest absolute Gasteiger partial charge is 0.251 e. The van der Waals surface area contributed by atoms with Crippen LogP contribution in [0.15, 0.2) is 29.5 Å². The number of carbonyl (C=O) groups excluding carboxylic acids is 2. The summed E-state index contributed by atoms with van der Waals surface area (Å²) in [6.45, 7) is 0.486. The standard InChI is InChI=1S/C21H25N3O4/c25-11-17(26)24-16-7-2-1-6-14(16)23-15-10-22-21(27)18(15)19(24)13-5-3-4-12-8-9-28-20(12)13/h3-5,14,16,19,23,25H,1-2,6-11H2,(H,22,27)/t14-,16-,19-/m1/s1. The monoisotopic (exact) mass is 383 g/mol. The van der Waals surface area contributed by atoms with E-state index >= 15 is 0 Å². The van der Waals surface area contributed by atoms with Gasteiger partial charge in [0.15, 0.2) is 0 Å². The summed E-state index contributed by atoms with van der Waals surface area (Å²) >= 11 is 0. The van der Waals surface area contributed by atoms with Crippen molar-refractivity contribution in [2.24, 2.45) is 0 Å². The summed E-state index contributed by atoms with van der Waals surface area (Å²) in [6, 6.07) is 5.43. The predicted octanol–water partition coefficient (Wildman–Crippen LogP) is 0.782. The van der Waals surface area contributed by atoms with Crippen molar-refractivity contribution in [3.63, 3.8) is 0 Å². The lowest BCUT2D eigenvalue weighted by molar-refractivity contribution is -0.140. The molecular formula is C21H25N3O4. The van der Waals surface area contributed by atoms with Gasteiger partial charge in [-0.15, -0.1) is 0 Å². The van der Waals surface area contributed by atoms with Crippen LogP contribution in [0.1, 0.15) is 42.9 Å². The number of aliphatic hydroxyl groups excluding tert-OH is 1. The van der Waals surface area contributed by atoms with Crippen LogP contribution >= 0.6 is 0 Å². The van der Waals surface area contributed by atoms with Gasteiger partial charge < -0.3 is 25.4 Å². The highest BCUT2D eigenvalue weighted by Gasteiger charge is 2.47. The van der Waals surface area contributed by atoms with Crippen molar-refractivity contribution in [2.75, 3.05) is 19.8 Å². The normalized spacial score (nSPS) is 28.5. The highest BCUT2D eigenvalue weighted by atomic mass is 16.5. The fourth-order valence-corrected chi connectivity index (χ4v) is 5.25. The molecule has 3 heterocycles. The zero-order valence-corrected chi connectivity index (χ0v) is 15.7. The third-order valence-corrected chi connectivity index (χ3v) is 6.46. The molecular weight excluding hydrogens is 358 g/mol. The number of hydrogen-bond donors (Lipinski definition) is 3. The van der Waals surface area contributed by atoms with Crippen molar-refractivity contribution < 1.29 is 19.4 Å². The quantitative estimate of drug-likeness (QED) is 0.702. The van der Waals surface area contributed by atoms with Gasteiger partial charge in [0.1, 0.15) is 12.4 Å². The number of rotatable bonds is 2. The molecule has 7 heteroatoms. The van der Waals surface area contributed by atoms with Crippen molar-refractivity contribution in [1.29, 1.82) is 0 Å². The zero-order valence-electron chi connectivity index (χ0n) is 15.7. The Morgan fingerprint density at radius 2 is 2.14 bits per heavy atom. The number of carbonyl (C=O) groups is 2. The summed E-state index contributed by atoms with van der Waals surface area (Å²) in [5.41, 5.74) is 3.40. The first-order valence-corrected chi connectivity index (χ1v) is 10.1. The van der Waals surface area contributed by atoms with Crippen molar-refractivity contribution in [3.05, 3.63) is 40.6 Å². The molecule has 7 nitrogen and oxygen atoms in total. The maximum Gasteiger partial charge on any atom is 0.251 e. The van der Waals surface area contributed by atoms with E-state index in [1.54, 1.807) is 4.90 Å². The molecule has 3 aliphatic heterocycles. The first-order valence-electron chi connectivity index (χ1n) is 10.1. The summed E-state index contributed by atoms with van der Waals surface area (Å²) in [7, 11) is 0. The van der Waals surface area contributed by atoms with Crippen LogP contribution < -0.4 is 15.4 Å². The Morgan fingerprint density at radius 3 is 3.00 bits per heavy atom. The van der Waals surface area contributed by atoms with Crippen LogP contribution in [0.2, 0.25) is 0 Å². The molecule has 0 saturated heterocycles. The Labute approximate surface area is 163 Å². The van der Waals surface area contributed by atoms with E-state index in [4.69, 9.17) is 4.74 Å². The zero-order chi connectivity index (χ0) is 19.3. The van der Waals surface area contributed by atoms with Gasteiger partial charge in [-0.25, -0.2) is 0 Å². The average molecular weight is 383 g/mol. The number of benzene rings is 1. The van der Waals surface area contributed by atoms with E-state index in [0.717, 1.165) is 54.7 Å². The second kappa shape index (κ2) is 6.81. The van der Waals surface area contributed by atoms with Gasteiger partial charge in [0.2, 0.25) is 5.91 Å². The number of amides is 2. The number of fused-ring (bicyclic) bond motifs is 2. The molecule has 1 aliphatic carbocycles. The van der Waals surface area contributed by atoms with E-state index in [-0.39, 0.29) is 23.9 Å². The second-order valence-corrected chi connectivity index (χ2v) is 7.97. The molecule has 148 valence electrons. The molecule has 5 rings (SSSR count). The van der Waals surface area contributed by atoms with Crippen molar-refractivity contribution >= 4 is 11.8 Å². The third kappa shape index (κ3) is 2.60. The van der Waals surface area contributed by atoms with Crippen molar-refractivity contribution in [2.45, 2.75) is 50.2 Å². The van der Waals surface area contributed by atoms with Crippen LogP contribution in [0.4, 0.5) is 0 Å². The van der Waals surface area contributed by atoms with Gasteiger partial charge in [-0.3, -0.25) is 9.59 Å². The molecule has 1 fully saturated rings. The molecule has 2 amide bonds. The minimum absolute atomic E-state index is 0.0611. The van der Waals surface area contributed by atoms with Gasteiger partial charge in [0.05, 0.1) is 30.8 Å². The number of nitrogens with zero attached hydrogens (tertiary/aromatic N) is 1. The Morgan fingerprint density at radius 1 is 1.29 bits per heavy atom. The Kier molecular flexibility index (Phi) is 4.27. The number of hydrogen-bond acceptors (Lipinski definition) is 5. The highest BCUT2D eigenvalue weighted by molar-refractivity contribution is 5.99. The lowest BCUT2D eigenvalue weighted by Crippen LogP contribution is -2.54. The van der Waals surface area contributed by atoms with Crippen molar-refractivity contribution in [1.82, 2.24) is 15.5 Å². The van der Waals surface area contributed by atoms with Gasteiger partial charge >= 0.3 is 0 Å². The van der Waals surface area contributed by atoms with E-state index in [9.17, 15) is 14.7 Å². The lowest BCUT2D eigenvalue weighted by atomic mass is 9.87. The van der Waals surface area contributed by atoms with Gasteiger partial charge in [0, 0.05) is 23.7 Å². The Bertz CT molecular complexity index is 865. The number of ether oxygens (including phenoxy) is 1. The Hall–Kier alpha value is -2.54. The molecule has 1 saturated carbocycles. The van der Waals surface area contributed by atoms with Gasteiger partial charge in [-0.1, -0.05) is 31.0 Å². The molecule has 0 aromatic heterocycles. The molecule has 0 radical (unpaired) electrons. The SMILES string of the molecule is O=C1NCC2=C1[C@@H](c1cccc3c1OCC3)N(C(=O)CO)[C@@H]1CCCC[C@H]1N2. The summed E-state index contributed by atoms with van der Waals surface area (Å²) < 4.78 is 5.93. The van der Waals surface area contributed by atoms with E-state index in [1.807, 2.05) is 18.2 Å². The summed E-state index contributed by atoms with van der Waals surface area (Å²) in [6.07, 6.45) is 4.75. The fraction of sp³-hybridized carbons (Fsp3) is 0.524. The fourth-order valence-electron chi connectivity index (χ4n) is 5.25. The predicted molar refractivity (Wildman–Crippen MR) is 102 cm³/mol. The highest BCUT2D eigenvalue weighted by Crippen LogP contribution is 2.45. The number of nitrogens with one attached hydrogen (secondary N) is 2. The van der Waals surface area contributed by atoms with Gasteiger partial charge in [-0.05, 0) is 18.4 Å². The molecule has 0 unspecified atom stereocenters. The maximum absolute atomic E-state index is 13.0. The van der Waals surface area contributed by atoms with Crippen LogP contribution in [0, 0.1) is 0 Å². The third-order valence-electron chi connectivity index (χ3n) is 6.46. The largest absolute Gasteiger partial charge is 0.493 e. The number of para-hydroxylation sites is 1. The minimum atomic E-state index is -0.570. The Balaban J connectivity index is 1.72. The van der Waals surface area contributed by atoms with Gasteiger partial charge in [-0.2, -0.15) is 0 Å². The first-order chi connectivity index (χ1) is 13.7. The lowest BCUT2D eigenvalue weighted by Gasteiger charge is -2.42. The van der Waals surface area contributed by atoms with Crippen LogP contribution in [0.25, 0.3) is 0 Å². The summed E-state index contributed by atoms with van der Waals surface area (Å²) in [5, 5.41) is 16.3. The average Bonchev–Trinajstić information content (AvgIpc) is 3.30. The molecule has 3 atom stereocenters. The molecule has 0 spiro atoms. The van der Waals surface area contributed by atoms with Crippen LogP contribution in [-0.4, -0.2) is 53.7 Å². The van der Waals surface area contributed by atoms with E-state index in [1.165, 1.54) is 0 Å². The van der Waals surface area contributed by atoms with Crippen LogP contribution in [-0.2, 0) is 16.0 Å². The molecule has 1 aromatic carbocycles. The molecule has 1 aromatic rings. The molecule has 0 bridgehead atoms.